The minimum atomic E-state index is -3.55. The van der Waals surface area contributed by atoms with Crippen LogP contribution in [-0.4, -0.2) is 44.7 Å². The molecule has 2 heterocycles. The number of aliphatic carboxylic acids is 1. The van der Waals surface area contributed by atoms with Crippen LogP contribution in [0.5, 0.6) is 0 Å². The van der Waals surface area contributed by atoms with Gasteiger partial charge in [0.25, 0.3) is 0 Å². The van der Waals surface area contributed by atoms with E-state index in [1.165, 1.54) is 31.3 Å². The molecule has 2 aliphatic heterocycles. The summed E-state index contributed by atoms with van der Waals surface area (Å²) in [5.41, 5.74) is 0.405. The number of carboxylic acid groups (broad SMARTS) is 1. The van der Waals surface area contributed by atoms with Gasteiger partial charge in [-0.15, -0.1) is 0 Å². The second-order valence-electron chi connectivity index (χ2n) is 5.90. The van der Waals surface area contributed by atoms with E-state index in [1.807, 2.05) is 0 Å². The number of hydrogen-bond acceptors (Lipinski definition) is 5. The summed E-state index contributed by atoms with van der Waals surface area (Å²) in [6.45, 7) is 0. The fraction of sp³-hybridized carbons (Fsp3) is 0.467. The predicted molar refractivity (Wildman–Crippen MR) is 83.8 cm³/mol. The lowest BCUT2D eigenvalue weighted by atomic mass is 9.78. The molecule has 1 aromatic rings. The standard InChI is InChI=1S/C15H18N2O6S/c1-16-24(21,22)9-4-2-8(3-5-9)17-14(18)12-10-6-7-11(23-10)13(12)15(19)20/h2-5,10-13,16H,6-7H2,1H3,(H,17,18)(H,19,20)/t10-,11-,12+,13-/m1/s1. The molecule has 3 N–H and O–H groups in total. The topological polar surface area (TPSA) is 122 Å². The van der Waals surface area contributed by atoms with E-state index in [4.69, 9.17) is 4.74 Å². The van der Waals surface area contributed by atoms with Gasteiger partial charge in [-0.3, -0.25) is 9.59 Å². The van der Waals surface area contributed by atoms with Crippen LogP contribution in [0.1, 0.15) is 12.8 Å². The molecule has 1 aromatic carbocycles. The molecule has 1 amide bonds. The Kier molecular flexibility index (Phi) is 4.33. The van der Waals surface area contributed by atoms with Crippen molar-refractivity contribution in [2.75, 3.05) is 12.4 Å². The van der Waals surface area contributed by atoms with Crippen molar-refractivity contribution in [3.05, 3.63) is 24.3 Å². The molecule has 0 aliphatic carbocycles. The molecule has 2 aliphatic rings. The lowest BCUT2D eigenvalue weighted by Crippen LogP contribution is -2.40. The summed E-state index contributed by atoms with van der Waals surface area (Å²) < 4.78 is 31.1. The van der Waals surface area contributed by atoms with Gasteiger partial charge >= 0.3 is 5.97 Å². The summed E-state index contributed by atoms with van der Waals surface area (Å²) in [5.74, 6) is -3.02. The molecule has 8 nitrogen and oxygen atoms in total. The van der Waals surface area contributed by atoms with E-state index in [0.717, 1.165) is 0 Å². The molecule has 0 saturated carbocycles. The number of carbonyl (C=O) groups excluding carboxylic acids is 1. The Morgan fingerprint density at radius 1 is 1.12 bits per heavy atom. The summed E-state index contributed by atoms with van der Waals surface area (Å²) in [6, 6.07) is 5.67. The SMILES string of the molecule is CNS(=O)(=O)c1ccc(NC(=O)[C@@H]2[C@H](C(=O)O)[C@H]3CC[C@H]2O3)cc1. The molecule has 2 saturated heterocycles. The molecule has 0 aromatic heterocycles. The summed E-state index contributed by atoms with van der Waals surface area (Å²) in [4.78, 5) is 24.0. The quantitative estimate of drug-likeness (QED) is 0.704. The molecular weight excluding hydrogens is 336 g/mol. The Balaban J connectivity index is 1.74. The monoisotopic (exact) mass is 354 g/mol. The third-order valence-electron chi connectivity index (χ3n) is 4.56. The number of hydrogen-bond donors (Lipinski definition) is 3. The highest BCUT2D eigenvalue weighted by atomic mass is 32.2. The number of sulfonamides is 1. The summed E-state index contributed by atoms with van der Waals surface area (Å²) in [5, 5.41) is 12.0. The van der Waals surface area contributed by atoms with Crippen molar-refractivity contribution >= 4 is 27.6 Å². The van der Waals surface area contributed by atoms with Crippen molar-refractivity contribution in [3.63, 3.8) is 0 Å². The van der Waals surface area contributed by atoms with E-state index in [2.05, 4.69) is 10.0 Å². The fourth-order valence-corrected chi connectivity index (χ4v) is 4.12. The van der Waals surface area contributed by atoms with Gasteiger partial charge in [0, 0.05) is 5.69 Å². The van der Waals surface area contributed by atoms with E-state index in [0.29, 0.717) is 18.5 Å². The highest BCUT2D eigenvalue weighted by molar-refractivity contribution is 7.89. The van der Waals surface area contributed by atoms with Crippen LogP contribution in [0.3, 0.4) is 0 Å². The molecule has 2 bridgehead atoms. The minimum absolute atomic E-state index is 0.0784. The van der Waals surface area contributed by atoms with Gasteiger partial charge in [-0.25, -0.2) is 13.1 Å². The largest absolute Gasteiger partial charge is 0.481 e. The first-order chi connectivity index (χ1) is 11.3. The Morgan fingerprint density at radius 3 is 2.25 bits per heavy atom. The van der Waals surface area contributed by atoms with Gasteiger partial charge in [-0.2, -0.15) is 0 Å². The number of anilines is 1. The van der Waals surface area contributed by atoms with Crippen LogP contribution in [0, 0.1) is 11.8 Å². The number of benzene rings is 1. The van der Waals surface area contributed by atoms with Crippen LogP contribution in [0.25, 0.3) is 0 Å². The summed E-state index contributed by atoms with van der Waals surface area (Å²) in [7, 11) is -2.23. The molecular formula is C15H18N2O6S. The number of amides is 1. The number of fused-ring (bicyclic) bond motifs is 2. The zero-order valence-corrected chi connectivity index (χ0v) is 13.7. The Labute approximate surface area is 139 Å². The molecule has 9 heteroatoms. The third kappa shape index (κ3) is 2.90. The van der Waals surface area contributed by atoms with Crippen molar-refractivity contribution in [1.82, 2.24) is 4.72 Å². The summed E-state index contributed by atoms with van der Waals surface area (Å²) in [6.07, 6.45) is 0.542. The maximum Gasteiger partial charge on any atom is 0.310 e. The van der Waals surface area contributed by atoms with E-state index in [9.17, 15) is 23.1 Å². The average Bonchev–Trinajstić information content (AvgIpc) is 3.16. The van der Waals surface area contributed by atoms with Crippen LogP contribution in [0.2, 0.25) is 0 Å². The number of nitrogens with one attached hydrogen (secondary N) is 2. The molecule has 130 valence electrons. The van der Waals surface area contributed by atoms with Crippen LogP contribution < -0.4 is 10.0 Å². The van der Waals surface area contributed by atoms with Crippen molar-refractivity contribution in [2.24, 2.45) is 11.8 Å². The van der Waals surface area contributed by atoms with E-state index in [-0.39, 0.29) is 11.0 Å². The Bertz CT molecular complexity index is 761. The first-order valence-corrected chi connectivity index (χ1v) is 9.04. The second kappa shape index (κ2) is 6.15. The molecule has 0 spiro atoms. The maximum absolute atomic E-state index is 12.5. The van der Waals surface area contributed by atoms with Gasteiger partial charge in [0.2, 0.25) is 15.9 Å². The Morgan fingerprint density at radius 2 is 1.71 bits per heavy atom. The van der Waals surface area contributed by atoms with Crippen LogP contribution in [0.15, 0.2) is 29.2 Å². The number of carboxylic acids is 1. The summed E-state index contributed by atoms with van der Waals surface area (Å²) >= 11 is 0. The lowest BCUT2D eigenvalue weighted by molar-refractivity contribution is -0.147. The number of rotatable bonds is 5. The van der Waals surface area contributed by atoms with Crippen molar-refractivity contribution in [3.8, 4) is 0 Å². The predicted octanol–water partition coefficient (Wildman–Crippen LogP) is 0.411. The van der Waals surface area contributed by atoms with Crippen LogP contribution in [0.4, 0.5) is 5.69 Å². The normalized spacial score (nSPS) is 28.7. The van der Waals surface area contributed by atoms with Gasteiger partial charge in [0.05, 0.1) is 28.9 Å². The van der Waals surface area contributed by atoms with Gasteiger partial charge in [-0.1, -0.05) is 0 Å². The molecule has 0 unspecified atom stereocenters. The van der Waals surface area contributed by atoms with Crippen molar-refractivity contribution < 1.29 is 27.9 Å². The van der Waals surface area contributed by atoms with Crippen LogP contribution in [-0.2, 0) is 24.3 Å². The number of ether oxygens (including phenoxy) is 1. The second-order valence-corrected chi connectivity index (χ2v) is 7.79. The molecule has 24 heavy (non-hydrogen) atoms. The van der Waals surface area contributed by atoms with Gasteiger partial charge in [0.1, 0.15) is 0 Å². The highest BCUT2D eigenvalue weighted by Gasteiger charge is 2.55. The van der Waals surface area contributed by atoms with E-state index in [1.54, 1.807) is 0 Å². The van der Waals surface area contributed by atoms with Crippen molar-refractivity contribution in [1.29, 1.82) is 0 Å². The molecule has 0 radical (unpaired) electrons. The zero-order chi connectivity index (χ0) is 17.5. The minimum Gasteiger partial charge on any atom is -0.481 e. The first kappa shape index (κ1) is 16.9. The average molecular weight is 354 g/mol. The van der Waals surface area contributed by atoms with Gasteiger partial charge < -0.3 is 15.2 Å². The van der Waals surface area contributed by atoms with E-state index < -0.39 is 39.8 Å². The van der Waals surface area contributed by atoms with E-state index >= 15 is 0 Å². The lowest BCUT2D eigenvalue weighted by Gasteiger charge is -2.23. The first-order valence-electron chi connectivity index (χ1n) is 7.56. The fourth-order valence-electron chi connectivity index (χ4n) is 3.39. The van der Waals surface area contributed by atoms with Crippen molar-refractivity contribution in [2.45, 2.75) is 29.9 Å². The zero-order valence-electron chi connectivity index (χ0n) is 12.9. The number of carbonyl (C=O) groups is 2. The Hall–Kier alpha value is -1.97. The van der Waals surface area contributed by atoms with Gasteiger partial charge in [-0.05, 0) is 44.2 Å². The smallest absolute Gasteiger partial charge is 0.310 e. The van der Waals surface area contributed by atoms with Crippen LogP contribution >= 0.6 is 0 Å². The van der Waals surface area contributed by atoms with Gasteiger partial charge in [0.15, 0.2) is 0 Å². The molecule has 3 rings (SSSR count). The maximum atomic E-state index is 12.5. The highest BCUT2D eigenvalue weighted by Crippen LogP contribution is 2.44. The molecule has 4 atom stereocenters. The molecule has 2 fully saturated rings. The third-order valence-corrected chi connectivity index (χ3v) is 5.99.